The Morgan fingerprint density at radius 2 is 1.65 bits per heavy atom. The summed E-state index contributed by atoms with van der Waals surface area (Å²) in [6.45, 7) is 5.34. The molecule has 0 aromatic carbocycles. The number of esters is 1. The second-order valence-electron chi connectivity index (χ2n) is 9.72. The summed E-state index contributed by atoms with van der Waals surface area (Å²) < 4.78 is 5.81. The lowest BCUT2D eigenvalue weighted by Crippen LogP contribution is -2.50. The monoisotopic (exact) mass is 490 g/mol. The lowest BCUT2D eigenvalue weighted by atomic mass is 9.49. The number of anilines is 1. The molecule has 5 fully saturated rings. The highest BCUT2D eigenvalue weighted by molar-refractivity contribution is 6.29. The van der Waals surface area contributed by atoms with Crippen molar-refractivity contribution in [3.05, 3.63) is 17.5 Å². The molecule has 4 saturated carbocycles. The summed E-state index contributed by atoms with van der Waals surface area (Å²) in [6, 6.07) is 0. The number of hydrogen-bond donors (Lipinski definition) is 0. The fourth-order valence-corrected chi connectivity index (χ4v) is 6.80. The highest BCUT2D eigenvalue weighted by Gasteiger charge is 2.55. The number of halogens is 3. The van der Waals surface area contributed by atoms with Crippen LogP contribution in [0.1, 0.15) is 44.9 Å². The van der Waals surface area contributed by atoms with E-state index in [2.05, 4.69) is 19.8 Å². The summed E-state index contributed by atoms with van der Waals surface area (Å²) in [5, 5.41) is 0.436. The van der Waals surface area contributed by atoms with Crippen molar-refractivity contribution < 1.29 is 9.53 Å². The van der Waals surface area contributed by atoms with Gasteiger partial charge >= 0.3 is 5.97 Å². The topological polar surface area (TPSA) is 58.6 Å². The number of rotatable bonds is 6. The zero-order chi connectivity index (χ0) is 19.8. The zero-order valence-electron chi connectivity index (χ0n) is 17.9. The van der Waals surface area contributed by atoms with Crippen molar-refractivity contribution in [3.63, 3.8) is 0 Å². The molecule has 0 atom stereocenters. The molecule has 31 heavy (non-hydrogen) atoms. The van der Waals surface area contributed by atoms with Gasteiger partial charge < -0.3 is 9.64 Å². The van der Waals surface area contributed by atoms with Crippen molar-refractivity contribution >= 4 is 48.2 Å². The van der Waals surface area contributed by atoms with Gasteiger partial charge in [-0.2, -0.15) is 0 Å². The molecule has 6 rings (SSSR count). The van der Waals surface area contributed by atoms with E-state index in [1.54, 1.807) is 12.4 Å². The van der Waals surface area contributed by atoms with Crippen LogP contribution in [-0.4, -0.2) is 60.2 Å². The molecule has 0 N–H and O–H groups in total. The Kier molecular flexibility index (Phi) is 8.33. The van der Waals surface area contributed by atoms with Gasteiger partial charge in [-0.15, -0.1) is 24.8 Å². The highest BCUT2D eigenvalue weighted by Crippen LogP contribution is 2.60. The Hall–Kier alpha value is -0.820. The van der Waals surface area contributed by atoms with E-state index < -0.39 is 0 Å². The molecule has 5 aliphatic rings. The van der Waals surface area contributed by atoms with E-state index in [0.29, 0.717) is 11.8 Å². The van der Waals surface area contributed by atoms with Gasteiger partial charge in [-0.3, -0.25) is 14.7 Å². The highest BCUT2D eigenvalue weighted by atomic mass is 35.5. The van der Waals surface area contributed by atoms with Crippen LogP contribution in [0.4, 0.5) is 5.82 Å². The number of piperazine rings is 1. The molecule has 6 nitrogen and oxygen atoms in total. The first-order chi connectivity index (χ1) is 14.1. The van der Waals surface area contributed by atoms with Crippen molar-refractivity contribution in [1.29, 1.82) is 0 Å². The molecular formula is C22H33Cl3N4O2. The molecular weight excluding hydrogens is 459 g/mol. The lowest BCUT2D eigenvalue weighted by Gasteiger charge is -2.55. The molecule has 9 heteroatoms. The van der Waals surface area contributed by atoms with E-state index in [4.69, 9.17) is 16.3 Å². The van der Waals surface area contributed by atoms with E-state index in [9.17, 15) is 4.79 Å². The molecule has 4 bridgehead atoms. The predicted molar refractivity (Wildman–Crippen MR) is 126 cm³/mol. The minimum Gasteiger partial charge on any atom is -0.465 e. The Balaban J connectivity index is 0.00000136. The molecule has 0 radical (unpaired) electrons. The van der Waals surface area contributed by atoms with Crippen LogP contribution in [0.25, 0.3) is 0 Å². The third-order valence-electron chi connectivity index (χ3n) is 7.61. The molecule has 1 aliphatic heterocycles. The summed E-state index contributed by atoms with van der Waals surface area (Å²) in [4.78, 5) is 26.0. The van der Waals surface area contributed by atoms with Crippen LogP contribution in [-0.2, 0) is 9.53 Å². The first-order valence-corrected chi connectivity index (χ1v) is 11.6. The number of ether oxygens (including phenoxy) is 1. The van der Waals surface area contributed by atoms with Gasteiger partial charge in [-0.25, -0.2) is 4.98 Å². The SMILES string of the molecule is Cl.Cl.O=C(OCCCN1CCN(c2cncc(Cl)n2)CC1)C12CC3CC(CC(C3)C1)C2. The summed E-state index contributed by atoms with van der Waals surface area (Å²) in [5.41, 5.74) is -0.127. The first kappa shape index (κ1) is 24.8. The quantitative estimate of drug-likeness (QED) is 0.438. The van der Waals surface area contributed by atoms with Crippen LogP contribution in [0.3, 0.4) is 0 Å². The smallest absolute Gasteiger partial charge is 0.312 e. The number of carbonyl (C=O) groups excluding carboxylic acids is 1. The fourth-order valence-electron chi connectivity index (χ4n) is 6.65. The number of hydrogen-bond acceptors (Lipinski definition) is 6. The Bertz CT molecular complexity index is 723. The summed E-state index contributed by atoms with van der Waals surface area (Å²) in [5.74, 6) is 3.32. The van der Waals surface area contributed by atoms with Crippen LogP contribution >= 0.6 is 36.4 Å². The van der Waals surface area contributed by atoms with Crippen molar-refractivity contribution in [2.45, 2.75) is 44.9 Å². The van der Waals surface area contributed by atoms with Crippen molar-refractivity contribution in [1.82, 2.24) is 14.9 Å². The summed E-state index contributed by atoms with van der Waals surface area (Å²) in [6.07, 6.45) is 11.6. The molecule has 0 amide bonds. The molecule has 1 aromatic rings. The number of nitrogens with zero attached hydrogens (tertiary/aromatic N) is 4. The Morgan fingerprint density at radius 3 is 2.23 bits per heavy atom. The van der Waals surface area contributed by atoms with Crippen LogP contribution in [0, 0.1) is 23.2 Å². The number of aromatic nitrogens is 2. The largest absolute Gasteiger partial charge is 0.465 e. The second-order valence-corrected chi connectivity index (χ2v) is 10.1. The molecule has 0 unspecified atom stereocenters. The van der Waals surface area contributed by atoms with Gasteiger partial charge in [0.25, 0.3) is 0 Å². The predicted octanol–water partition coefficient (Wildman–Crippen LogP) is 4.25. The molecule has 1 aromatic heterocycles. The van der Waals surface area contributed by atoms with Crippen molar-refractivity contribution in [2.75, 3.05) is 44.2 Å². The minimum atomic E-state index is -0.127. The van der Waals surface area contributed by atoms with Gasteiger partial charge in [-0.05, 0) is 62.7 Å². The molecule has 1 saturated heterocycles. The zero-order valence-corrected chi connectivity index (χ0v) is 20.3. The van der Waals surface area contributed by atoms with E-state index in [1.807, 2.05) is 0 Å². The van der Waals surface area contributed by atoms with Crippen LogP contribution in [0.5, 0.6) is 0 Å². The lowest BCUT2D eigenvalue weighted by molar-refractivity contribution is -0.171. The van der Waals surface area contributed by atoms with Crippen LogP contribution < -0.4 is 4.90 Å². The van der Waals surface area contributed by atoms with Crippen LogP contribution in [0.15, 0.2) is 12.4 Å². The van der Waals surface area contributed by atoms with Crippen molar-refractivity contribution in [2.24, 2.45) is 23.2 Å². The maximum absolute atomic E-state index is 12.9. The fraction of sp³-hybridized carbons (Fsp3) is 0.773. The Morgan fingerprint density at radius 1 is 1.03 bits per heavy atom. The number of carbonyl (C=O) groups is 1. The average Bonchev–Trinajstić information content (AvgIpc) is 2.70. The first-order valence-electron chi connectivity index (χ1n) is 11.2. The second kappa shape index (κ2) is 10.4. The van der Waals surface area contributed by atoms with Gasteiger partial charge in [0.2, 0.25) is 0 Å². The third-order valence-corrected chi connectivity index (χ3v) is 7.79. The van der Waals surface area contributed by atoms with Gasteiger partial charge in [0.05, 0.1) is 24.4 Å². The van der Waals surface area contributed by atoms with E-state index in [1.165, 1.54) is 19.3 Å². The average molecular weight is 492 g/mol. The summed E-state index contributed by atoms with van der Waals surface area (Å²) >= 11 is 5.95. The maximum atomic E-state index is 12.9. The normalized spacial score (nSPS) is 31.6. The van der Waals surface area contributed by atoms with Gasteiger partial charge in [0.15, 0.2) is 0 Å². The molecule has 0 spiro atoms. The standard InChI is InChI=1S/C22H31ClN4O2.2ClH/c23-19-14-24-15-20(25-19)27-5-3-26(4-6-27)2-1-7-29-21(28)22-11-16-8-17(12-22)10-18(9-16)13-22;;/h14-18H,1-13H2;2*1H. The maximum Gasteiger partial charge on any atom is 0.312 e. The molecule has 2 heterocycles. The van der Waals surface area contributed by atoms with Gasteiger partial charge in [0.1, 0.15) is 11.0 Å². The van der Waals surface area contributed by atoms with Crippen LogP contribution in [0.2, 0.25) is 5.15 Å². The van der Waals surface area contributed by atoms with Crippen molar-refractivity contribution in [3.8, 4) is 0 Å². The summed E-state index contributed by atoms with van der Waals surface area (Å²) in [7, 11) is 0. The van der Waals surface area contributed by atoms with E-state index >= 15 is 0 Å². The minimum absolute atomic E-state index is 0. The van der Waals surface area contributed by atoms with Gasteiger partial charge in [-0.1, -0.05) is 11.6 Å². The molecule has 4 aliphatic carbocycles. The van der Waals surface area contributed by atoms with E-state index in [-0.39, 0.29) is 36.2 Å². The Labute approximate surface area is 202 Å². The third kappa shape index (κ3) is 5.40. The van der Waals surface area contributed by atoms with E-state index in [0.717, 1.165) is 82.0 Å². The molecule has 174 valence electrons. The van der Waals surface area contributed by atoms with Gasteiger partial charge in [0, 0.05) is 32.7 Å².